The van der Waals surface area contributed by atoms with E-state index in [1.807, 2.05) is 0 Å². The monoisotopic (exact) mass is 406 g/mol. The predicted molar refractivity (Wildman–Crippen MR) is 125 cm³/mol. The van der Waals surface area contributed by atoms with Gasteiger partial charge in [0.05, 0.1) is 13.7 Å². The van der Waals surface area contributed by atoms with Crippen molar-refractivity contribution in [1.29, 1.82) is 0 Å². The van der Waals surface area contributed by atoms with Gasteiger partial charge in [-0.25, -0.2) is 0 Å². The average molecular weight is 407 g/mol. The minimum Gasteiger partial charge on any atom is -0.493 e. The Kier molecular flexibility index (Phi) is 9.02. The van der Waals surface area contributed by atoms with Gasteiger partial charge in [-0.2, -0.15) is 0 Å². The van der Waals surface area contributed by atoms with Gasteiger partial charge in [-0.15, -0.1) is 0 Å². The summed E-state index contributed by atoms with van der Waals surface area (Å²) >= 11 is 0. The zero-order valence-electron chi connectivity index (χ0n) is 18.2. The zero-order chi connectivity index (χ0) is 21.0. The number of methoxy groups -OCH3 is 1. The van der Waals surface area contributed by atoms with Gasteiger partial charge in [-0.3, -0.25) is 4.79 Å². The largest absolute Gasteiger partial charge is 0.493 e. The molecule has 0 N–H and O–H groups in total. The first kappa shape index (κ1) is 22.1. The van der Waals surface area contributed by atoms with Crippen molar-refractivity contribution in [3.8, 4) is 5.75 Å². The number of hydrogen-bond acceptors (Lipinski definition) is 3. The third-order valence-electron chi connectivity index (χ3n) is 5.72. The van der Waals surface area contributed by atoms with Crippen LogP contribution in [0.3, 0.4) is 0 Å². The fraction of sp³-hybridized carbons (Fsp3) is 0.444. The summed E-state index contributed by atoms with van der Waals surface area (Å²) in [6.45, 7) is 0.777. The Morgan fingerprint density at radius 1 is 0.700 bits per heavy atom. The quantitative estimate of drug-likeness (QED) is 0.168. The lowest BCUT2D eigenvalue weighted by molar-refractivity contribution is -0.140. The lowest BCUT2D eigenvalue weighted by Crippen LogP contribution is -1.99. The van der Waals surface area contributed by atoms with Crippen molar-refractivity contribution in [3.63, 3.8) is 0 Å². The predicted octanol–water partition coefficient (Wildman–Crippen LogP) is 7.45. The molecule has 0 saturated heterocycles. The number of ether oxygens (including phenoxy) is 2. The standard InChI is InChI=1S/C27H34O3/c1-29-27(28)18-9-7-5-3-2-4-6-8-12-19-30-26-17-13-16-24-20-22-14-10-11-15-23(22)21-25(24)26/h10-11,13-17,20-21H,2-9,12,18-19H2,1H3. The van der Waals surface area contributed by atoms with Crippen molar-refractivity contribution in [1.82, 2.24) is 0 Å². The summed E-state index contributed by atoms with van der Waals surface area (Å²) < 4.78 is 10.8. The second-order valence-corrected chi connectivity index (χ2v) is 8.03. The Bertz CT molecular complexity index is 932. The molecule has 0 saturated carbocycles. The number of carbonyl (C=O) groups excluding carboxylic acids is 1. The van der Waals surface area contributed by atoms with E-state index in [1.54, 1.807) is 0 Å². The molecule has 0 aliphatic carbocycles. The van der Waals surface area contributed by atoms with Crippen LogP contribution in [0.2, 0.25) is 0 Å². The molecule has 3 aromatic carbocycles. The molecule has 0 bridgehead atoms. The molecule has 0 unspecified atom stereocenters. The Morgan fingerprint density at radius 3 is 2.00 bits per heavy atom. The number of benzene rings is 3. The molecular formula is C27H34O3. The zero-order valence-corrected chi connectivity index (χ0v) is 18.2. The van der Waals surface area contributed by atoms with Gasteiger partial charge in [0.15, 0.2) is 0 Å². The Morgan fingerprint density at radius 2 is 1.30 bits per heavy atom. The second kappa shape index (κ2) is 12.2. The third kappa shape index (κ3) is 6.76. The number of esters is 1. The molecule has 0 aliphatic heterocycles. The van der Waals surface area contributed by atoms with E-state index in [0.29, 0.717) is 6.42 Å². The maximum Gasteiger partial charge on any atom is 0.305 e. The highest BCUT2D eigenvalue weighted by Gasteiger charge is 2.04. The molecule has 0 atom stereocenters. The van der Waals surface area contributed by atoms with Crippen molar-refractivity contribution >= 4 is 27.5 Å². The molecule has 0 radical (unpaired) electrons. The van der Waals surface area contributed by atoms with Crippen molar-refractivity contribution in [2.24, 2.45) is 0 Å². The third-order valence-corrected chi connectivity index (χ3v) is 5.72. The summed E-state index contributed by atoms with van der Waals surface area (Å²) in [5.74, 6) is 0.902. The molecule has 0 aliphatic rings. The molecule has 3 rings (SSSR count). The van der Waals surface area contributed by atoms with Crippen LogP contribution >= 0.6 is 0 Å². The van der Waals surface area contributed by atoms with Crippen LogP contribution in [-0.2, 0) is 9.53 Å². The van der Waals surface area contributed by atoms with Crippen LogP contribution in [0.5, 0.6) is 5.75 Å². The molecule has 160 valence electrons. The smallest absolute Gasteiger partial charge is 0.305 e. The fourth-order valence-corrected chi connectivity index (χ4v) is 3.96. The van der Waals surface area contributed by atoms with Crippen LogP contribution < -0.4 is 4.74 Å². The highest BCUT2D eigenvalue weighted by atomic mass is 16.5. The summed E-state index contributed by atoms with van der Waals surface area (Å²) in [5.41, 5.74) is 0. The van der Waals surface area contributed by atoms with Gasteiger partial charge in [-0.1, -0.05) is 81.3 Å². The van der Waals surface area contributed by atoms with Gasteiger partial charge in [0.1, 0.15) is 5.75 Å². The topological polar surface area (TPSA) is 35.5 Å². The molecule has 0 spiro atoms. The molecule has 0 heterocycles. The second-order valence-electron chi connectivity index (χ2n) is 8.03. The molecule has 3 aromatic rings. The Balaban J connectivity index is 1.30. The van der Waals surface area contributed by atoms with Crippen molar-refractivity contribution in [2.45, 2.75) is 64.2 Å². The van der Waals surface area contributed by atoms with E-state index >= 15 is 0 Å². The summed E-state index contributed by atoms with van der Waals surface area (Å²) in [5, 5.41) is 4.96. The Hall–Kier alpha value is -2.55. The van der Waals surface area contributed by atoms with Gasteiger partial charge in [0.25, 0.3) is 0 Å². The van der Waals surface area contributed by atoms with Crippen molar-refractivity contribution in [3.05, 3.63) is 54.6 Å². The van der Waals surface area contributed by atoms with Gasteiger partial charge in [-0.05, 0) is 47.2 Å². The van der Waals surface area contributed by atoms with Crippen LogP contribution in [0.4, 0.5) is 0 Å². The lowest BCUT2D eigenvalue weighted by Gasteiger charge is -2.10. The normalized spacial score (nSPS) is 11.1. The summed E-state index contributed by atoms with van der Waals surface area (Å²) in [7, 11) is 1.46. The first-order valence-corrected chi connectivity index (χ1v) is 11.4. The number of fused-ring (bicyclic) bond motifs is 2. The summed E-state index contributed by atoms with van der Waals surface area (Å²) in [6, 6.07) is 19.3. The number of rotatable bonds is 13. The van der Waals surface area contributed by atoms with E-state index in [-0.39, 0.29) is 5.97 Å². The lowest BCUT2D eigenvalue weighted by atomic mass is 10.0. The van der Waals surface area contributed by atoms with Gasteiger partial charge in [0.2, 0.25) is 0 Å². The average Bonchev–Trinajstić information content (AvgIpc) is 2.78. The van der Waals surface area contributed by atoms with Crippen LogP contribution in [0, 0.1) is 0 Å². The van der Waals surface area contributed by atoms with E-state index in [1.165, 1.54) is 67.2 Å². The molecule has 30 heavy (non-hydrogen) atoms. The summed E-state index contributed by atoms with van der Waals surface area (Å²) in [6.07, 6.45) is 11.3. The van der Waals surface area contributed by atoms with Gasteiger partial charge >= 0.3 is 5.97 Å². The SMILES string of the molecule is COC(=O)CCCCCCCCCCCOc1cccc2cc3ccccc3cc12. The van der Waals surface area contributed by atoms with E-state index in [0.717, 1.165) is 31.6 Å². The van der Waals surface area contributed by atoms with Gasteiger partial charge < -0.3 is 9.47 Å². The van der Waals surface area contributed by atoms with Crippen LogP contribution in [0.1, 0.15) is 64.2 Å². The summed E-state index contributed by atoms with van der Waals surface area (Å²) in [4.78, 5) is 11.0. The minimum atomic E-state index is -0.0888. The van der Waals surface area contributed by atoms with E-state index in [4.69, 9.17) is 4.74 Å². The number of hydrogen-bond donors (Lipinski definition) is 0. The van der Waals surface area contributed by atoms with Crippen molar-refractivity contribution in [2.75, 3.05) is 13.7 Å². The minimum absolute atomic E-state index is 0.0888. The molecular weight excluding hydrogens is 372 g/mol. The fourth-order valence-electron chi connectivity index (χ4n) is 3.96. The van der Waals surface area contributed by atoms with E-state index < -0.39 is 0 Å². The molecule has 0 aromatic heterocycles. The maximum atomic E-state index is 11.0. The maximum absolute atomic E-state index is 11.0. The first-order chi connectivity index (χ1) is 14.8. The number of unbranched alkanes of at least 4 members (excludes halogenated alkanes) is 8. The highest BCUT2D eigenvalue weighted by Crippen LogP contribution is 2.30. The van der Waals surface area contributed by atoms with Crippen LogP contribution in [0.25, 0.3) is 21.5 Å². The molecule has 3 heteroatoms. The molecule has 0 fully saturated rings. The van der Waals surface area contributed by atoms with Crippen LogP contribution in [0.15, 0.2) is 54.6 Å². The number of carbonyl (C=O) groups is 1. The Labute approximate surface area is 180 Å². The van der Waals surface area contributed by atoms with Crippen LogP contribution in [-0.4, -0.2) is 19.7 Å². The van der Waals surface area contributed by atoms with E-state index in [2.05, 4.69) is 59.3 Å². The highest BCUT2D eigenvalue weighted by molar-refractivity contribution is 6.00. The molecule has 3 nitrogen and oxygen atoms in total. The van der Waals surface area contributed by atoms with Crippen molar-refractivity contribution < 1.29 is 14.3 Å². The van der Waals surface area contributed by atoms with Gasteiger partial charge in [0, 0.05) is 11.8 Å². The molecule has 0 amide bonds. The first-order valence-electron chi connectivity index (χ1n) is 11.4. The van der Waals surface area contributed by atoms with E-state index in [9.17, 15) is 4.79 Å².